The van der Waals surface area contributed by atoms with E-state index in [0.717, 1.165) is 13.0 Å². The van der Waals surface area contributed by atoms with Crippen molar-refractivity contribution in [1.82, 2.24) is 0 Å². The molecule has 1 heterocycles. The van der Waals surface area contributed by atoms with E-state index in [1.807, 2.05) is 6.92 Å². The average molecular weight is 228 g/mol. The minimum Gasteiger partial charge on any atom is -0.475 e. The van der Waals surface area contributed by atoms with Crippen molar-refractivity contribution in [2.24, 2.45) is 0 Å². The minimum atomic E-state index is -1.08. The molecule has 0 aliphatic carbocycles. The van der Waals surface area contributed by atoms with Crippen LogP contribution in [0.3, 0.4) is 0 Å². The lowest BCUT2D eigenvalue weighted by Crippen LogP contribution is -2.06. The number of aromatic carboxylic acids is 1. The van der Waals surface area contributed by atoms with Crippen LogP contribution in [0.15, 0.2) is 16.7 Å². The van der Waals surface area contributed by atoms with Crippen LogP contribution in [0, 0.1) is 0 Å². The molecule has 0 saturated heterocycles. The molecule has 5 heteroatoms. The van der Waals surface area contributed by atoms with Crippen LogP contribution in [0.4, 0.5) is 0 Å². The molecule has 0 spiro atoms. The second kappa shape index (κ2) is 7.03. The van der Waals surface area contributed by atoms with Gasteiger partial charge in [-0.1, -0.05) is 6.92 Å². The highest BCUT2D eigenvalue weighted by atomic mass is 16.5. The molecular formula is C11H16O5. The van der Waals surface area contributed by atoms with E-state index in [2.05, 4.69) is 0 Å². The predicted octanol–water partition coefficient (Wildman–Crippen LogP) is 1.92. The van der Waals surface area contributed by atoms with Crippen molar-refractivity contribution in [3.8, 4) is 0 Å². The Hall–Kier alpha value is -1.33. The van der Waals surface area contributed by atoms with Crippen LogP contribution in [-0.2, 0) is 16.1 Å². The maximum absolute atomic E-state index is 10.7. The van der Waals surface area contributed by atoms with Crippen LogP contribution in [0.5, 0.6) is 0 Å². The van der Waals surface area contributed by atoms with Crippen molar-refractivity contribution < 1.29 is 23.8 Å². The van der Waals surface area contributed by atoms with E-state index in [0.29, 0.717) is 18.8 Å². The summed E-state index contributed by atoms with van der Waals surface area (Å²) in [7, 11) is 0. The summed E-state index contributed by atoms with van der Waals surface area (Å²) in [5, 5.41) is 8.75. The number of carboxylic acid groups (broad SMARTS) is 1. The Balaban J connectivity index is 2.21. The first-order chi connectivity index (χ1) is 7.75. The van der Waals surface area contributed by atoms with Gasteiger partial charge < -0.3 is 19.0 Å². The van der Waals surface area contributed by atoms with Crippen LogP contribution < -0.4 is 0 Å². The molecule has 1 aromatic rings. The first-order valence-electron chi connectivity index (χ1n) is 5.20. The Labute approximate surface area is 94.0 Å². The molecule has 0 atom stereocenters. The van der Waals surface area contributed by atoms with E-state index < -0.39 is 5.97 Å². The Morgan fingerprint density at radius 2 is 2.12 bits per heavy atom. The molecule has 1 rings (SSSR count). The topological polar surface area (TPSA) is 68.9 Å². The quantitative estimate of drug-likeness (QED) is 0.688. The molecule has 0 aliphatic rings. The average Bonchev–Trinajstić information content (AvgIpc) is 2.71. The summed E-state index contributed by atoms with van der Waals surface area (Å²) in [6, 6.07) is 1.59. The van der Waals surface area contributed by atoms with Crippen molar-refractivity contribution in [3.63, 3.8) is 0 Å². The van der Waals surface area contributed by atoms with Gasteiger partial charge in [0, 0.05) is 12.2 Å². The van der Waals surface area contributed by atoms with Gasteiger partial charge in [-0.25, -0.2) is 4.79 Å². The molecule has 1 aromatic heterocycles. The Kier molecular flexibility index (Phi) is 5.60. The van der Waals surface area contributed by atoms with Gasteiger partial charge in [-0.2, -0.15) is 0 Å². The summed E-state index contributed by atoms with van der Waals surface area (Å²) in [6.07, 6.45) is 2.32. The molecule has 0 fully saturated rings. The lowest BCUT2D eigenvalue weighted by molar-refractivity contribution is 0.0396. The molecule has 16 heavy (non-hydrogen) atoms. The molecule has 0 aromatic carbocycles. The third-order valence-electron chi connectivity index (χ3n) is 1.92. The van der Waals surface area contributed by atoms with Crippen LogP contribution in [0.2, 0.25) is 0 Å². The Morgan fingerprint density at radius 1 is 1.38 bits per heavy atom. The standard InChI is InChI=1S/C11H16O5/c1-2-4-14-6-7-15-8-9-3-5-16-10(9)11(12)13/h3,5H,2,4,6-8H2,1H3,(H,12,13). The smallest absolute Gasteiger partial charge is 0.372 e. The van der Waals surface area contributed by atoms with Gasteiger partial charge in [0.15, 0.2) is 0 Å². The Bertz CT molecular complexity index is 318. The number of carbonyl (C=O) groups is 1. The zero-order chi connectivity index (χ0) is 11.8. The summed E-state index contributed by atoms with van der Waals surface area (Å²) >= 11 is 0. The van der Waals surface area contributed by atoms with Crippen molar-refractivity contribution in [1.29, 1.82) is 0 Å². The van der Waals surface area contributed by atoms with E-state index in [9.17, 15) is 4.79 Å². The first kappa shape index (κ1) is 12.7. The second-order valence-corrected chi connectivity index (χ2v) is 3.25. The zero-order valence-electron chi connectivity index (χ0n) is 9.27. The van der Waals surface area contributed by atoms with E-state index in [-0.39, 0.29) is 12.4 Å². The van der Waals surface area contributed by atoms with E-state index in [1.165, 1.54) is 6.26 Å². The van der Waals surface area contributed by atoms with Gasteiger partial charge in [0.1, 0.15) is 0 Å². The van der Waals surface area contributed by atoms with Gasteiger partial charge in [0.25, 0.3) is 0 Å². The van der Waals surface area contributed by atoms with Crippen LogP contribution >= 0.6 is 0 Å². The molecule has 0 bridgehead atoms. The lowest BCUT2D eigenvalue weighted by Gasteiger charge is -2.04. The molecule has 0 radical (unpaired) electrons. The predicted molar refractivity (Wildman–Crippen MR) is 56.4 cm³/mol. The molecule has 90 valence electrons. The normalized spacial score (nSPS) is 10.6. The first-order valence-corrected chi connectivity index (χ1v) is 5.20. The summed E-state index contributed by atoms with van der Waals surface area (Å²) in [6.45, 7) is 3.95. The van der Waals surface area contributed by atoms with Gasteiger partial charge in [0.2, 0.25) is 5.76 Å². The van der Waals surface area contributed by atoms with Crippen molar-refractivity contribution in [2.75, 3.05) is 19.8 Å². The van der Waals surface area contributed by atoms with E-state index in [4.69, 9.17) is 19.0 Å². The highest BCUT2D eigenvalue weighted by molar-refractivity contribution is 5.85. The van der Waals surface area contributed by atoms with Crippen molar-refractivity contribution >= 4 is 5.97 Å². The second-order valence-electron chi connectivity index (χ2n) is 3.25. The third kappa shape index (κ3) is 4.04. The van der Waals surface area contributed by atoms with Gasteiger partial charge >= 0.3 is 5.97 Å². The van der Waals surface area contributed by atoms with Crippen molar-refractivity contribution in [2.45, 2.75) is 20.0 Å². The molecule has 0 unspecified atom stereocenters. The summed E-state index contributed by atoms with van der Waals surface area (Å²) in [5.74, 6) is -1.14. The molecule has 1 N–H and O–H groups in total. The summed E-state index contributed by atoms with van der Waals surface area (Å²) in [5.41, 5.74) is 0.544. The van der Waals surface area contributed by atoms with Crippen LogP contribution in [0.1, 0.15) is 29.5 Å². The Morgan fingerprint density at radius 3 is 2.81 bits per heavy atom. The fraction of sp³-hybridized carbons (Fsp3) is 0.545. The number of hydrogen-bond donors (Lipinski definition) is 1. The van der Waals surface area contributed by atoms with Gasteiger partial charge in [-0.15, -0.1) is 0 Å². The monoisotopic (exact) mass is 228 g/mol. The highest BCUT2D eigenvalue weighted by Crippen LogP contribution is 2.11. The van der Waals surface area contributed by atoms with Crippen molar-refractivity contribution in [3.05, 3.63) is 23.7 Å². The zero-order valence-corrected chi connectivity index (χ0v) is 9.27. The highest BCUT2D eigenvalue weighted by Gasteiger charge is 2.13. The maximum Gasteiger partial charge on any atom is 0.372 e. The summed E-state index contributed by atoms with van der Waals surface area (Å²) in [4.78, 5) is 10.7. The number of rotatable bonds is 8. The fourth-order valence-corrected chi connectivity index (χ4v) is 1.18. The van der Waals surface area contributed by atoms with E-state index >= 15 is 0 Å². The van der Waals surface area contributed by atoms with Gasteiger partial charge in [-0.3, -0.25) is 0 Å². The molecule has 5 nitrogen and oxygen atoms in total. The van der Waals surface area contributed by atoms with Crippen LogP contribution in [0.25, 0.3) is 0 Å². The SMILES string of the molecule is CCCOCCOCc1ccoc1C(=O)O. The maximum atomic E-state index is 10.7. The van der Waals surface area contributed by atoms with Gasteiger partial charge in [-0.05, 0) is 12.5 Å². The van der Waals surface area contributed by atoms with Crippen LogP contribution in [-0.4, -0.2) is 30.9 Å². The number of carboxylic acids is 1. The largest absolute Gasteiger partial charge is 0.475 e. The lowest BCUT2D eigenvalue weighted by atomic mass is 10.2. The number of furan rings is 1. The molecule has 0 amide bonds. The molecule has 0 aliphatic heterocycles. The molecular weight excluding hydrogens is 212 g/mol. The van der Waals surface area contributed by atoms with Gasteiger partial charge in [0.05, 0.1) is 26.1 Å². The molecule has 0 saturated carbocycles. The minimum absolute atomic E-state index is 0.0607. The fourth-order valence-electron chi connectivity index (χ4n) is 1.18. The number of ether oxygens (including phenoxy) is 2. The number of hydrogen-bond acceptors (Lipinski definition) is 4. The van der Waals surface area contributed by atoms with E-state index in [1.54, 1.807) is 6.07 Å². The third-order valence-corrected chi connectivity index (χ3v) is 1.92. The summed E-state index contributed by atoms with van der Waals surface area (Å²) < 4.78 is 15.3.